The first-order valence-electron chi connectivity index (χ1n) is 9.64. The molecule has 1 atom stereocenters. The summed E-state index contributed by atoms with van der Waals surface area (Å²) in [6.45, 7) is 2.36. The first kappa shape index (κ1) is 23.4. The van der Waals surface area contributed by atoms with Gasteiger partial charge in [-0.2, -0.15) is 0 Å². The SMILES string of the molecule is C[C@@H](CN(Cc1ccccc1)C(=O)CCCOc1ccc(S(C)(=O)=O)cc1)C(=O)O. The minimum Gasteiger partial charge on any atom is -0.494 e. The Bertz CT molecular complexity index is 941. The smallest absolute Gasteiger partial charge is 0.308 e. The van der Waals surface area contributed by atoms with Gasteiger partial charge in [0.2, 0.25) is 5.91 Å². The molecule has 0 aliphatic heterocycles. The van der Waals surface area contributed by atoms with Gasteiger partial charge in [-0.15, -0.1) is 0 Å². The number of carboxylic acids is 1. The van der Waals surface area contributed by atoms with E-state index in [-0.39, 0.29) is 30.4 Å². The molecular weight excluding hydrogens is 406 g/mol. The maximum absolute atomic E-state index is 12.7. The fourth-order valence-corrected chi connectivity index (χ4v) is 3.45. The number of carbonyl (C=O) groups excluding carboxylic acids is 1. The number of aliphatic carboxylic acids is 1. The Kier molecular flexibility index (Phi) is 8.41. The second-order valence-corrected chi connectivity index (χ2v) is 9.21. The van der Waals surface area contributed by atoms with Crippen molar-refractivity contribution in [1.29, 1.82) is 0 Å². The van der Waals surface area contributed by atoms with Gasteiger partial charge >= 0.3 is 5.97 Å². The van der Waals surface area contributed by atoms with Crippen molar-refractivity contribution in [3.05, 3.63) is 60.2 Å². The minimum atomic E-state index is -3.26. The number of benzene rings is 2. The van der Waals surface area contributed by atoms with Gasteiger partial charge in [0.1, 0.15) is 5.75 Å². The van der Waals surface area contributed by atoms with Crippen molar-refractivity contribution in [2.75, 3.05) is 19.4 Å². The number of ether oxygens (including phenoxy) is 1. The molecule has 2 aromatic carbocycles. The number of rotatable bonds is 11. The highest BCUT2D eigenvalue weighted by Gasteiger charge is 2.20. The van der Waals surface area contributed by atoms with Crippen LogP contribution in [0.25, 0.3) is 0 Å². The average molecular weight is 434 g/mol. The van der Waals surface area contributed by atoms with Gasteiger partial charge in [-0.25, -0.2) is 8.42 Å². The maximum atomic E-state index is 12.7. The van der Waals surface area contributed by atoms with Crippen LogP contribution >= 0.6 is 0 Å². The van der Waals surface area contributed by atoms with E-state index in [2.05, 4.69) is 0 Å². The summed E-state index contributed by atoms with van der Waals surface area (Å²) in [6.07, 6.45) is 1.82. The maximum Gasteiger partial charge on any atom is 0.308 e. The lowest BCUT2D eigenvalue weighted by atomic mass is 10.1. The van der Waals surface area contributed by atoms with Gasteiger partial charge in [0.15, 0.2) is 9.84 Å². The summed E-state index contributed by atoms with van der Waals surface area (Å²) in [7, 11) is -3.26. The lowest BCUT2D eigenvalue weighted by Gasteiger charge is -2.25. The molecule has 0 aliphatic carbocycles. The predicted molar refractivity (Wildman–Crippen MR) is 113 cm³/mol. The highest BCUT2D eigenvalue weighted by atomic mass is 32.2. The molecule has 0 aliphatic rings. The summed E-state index contributed by atoms with van der Waals surface area (Å²) in [5, 5.41) is 9.19. The van der Waals surface area contributed by atoms with E-state index in [1.54, 1.807) is 24.0 Å². The van der Waals surface area contributed by atoms with Gasteiger partial charge in [0.25, 0.3) is 0 Å². The Balaban J connectivity index is 1.89. The Morgan fingerprint density at radius 2 is 1.70 bits per heavy atom. The van der Waals surface area contributed by atoms with Crippen LogP contribution in [-0.2, 0) is 26.0 Å². The molecule has 30 heavy (non-hydrogen) atoms. The highest BCUT2D eigenvalue weighted by molar-refractivity contribution is 7.90. The standard InChI is InChI=1S/C22H27NO6S/c1-17(22(25)26)15-23(16-18-7-4-3-5-8-18)21(24)9-6-14-29-19-10-12-20(13-11-19)30(2,27)28/h3-5,7-8,10-13,17H,6,9,14-16H2,1-2H3,(H,25,26)/t17-/m0/s1. The third-order valence-corrected chi connectivity index (χ3v) is 5.67. The summed E-state index contributed by atoms with van der Waals surface area (Å²) in [6, 6.07) is 15.5. The summed E-state index contributed by atoms with van der Waals surface area (Å²) in [5.74, 6) is -1.22. The van der Waals surface area contributed by atoms with Crippen LogP contribution in [0.5, 0.6) is 5.75 Å². The first-order valence-corrected chi connectivity index (χ1v) is 11.5. The van der Waals surface area contributed by atoms with Crippen LogP contribution in [0.3, 0.4) is 0 Å². The molecule has 0 unspecified atom stereocenters. The lowest BCUT2D eigenvalue weighted by Crippen LogP contribution is -2.36. The fraction of sp³-hybridized carbons (Fsp3) is 0.364. The van der Waals surface area contributed by atoms with E-state index in [0.717, 1.165) is 11.8 Å². The van der Waals surface area contributed by atoms with E-state index in [1.165, 1.54) is 12.1 Å². The van der Waals surface area contributed by atoms with Crippen molar-refractivity contribution < 1.29 is 27.9 Å². The highest BCUT2D eigenvalue weighted by Crippen LogP contribution is 2.16. The third kappa shape index (κ3) is 7.51. The second kappa shape index (κ2) is 10.8. The number of amides is 1. The van der Waals surface area contributed by atoms with Gasteiger partial charge in [-0.05, 0) is 36.2 Å². The van der Waals surface area contributed by atoms with E-state index >= 15 is 0 Å². The number of carbonyl (C=O) groups is 2. The molecular formula is C22H27NO6S. The van der Waals surface area contributed by atoms with Gasteiger partial charge in [0, 0.05) is 25.8 Å². The van der Waals surface area contributed by atoms with Gasteiger partial charge in [-0.1, -0.05) is 37.3 Å². The Labute approximate surface area is 177 Å². The number of nitrogens with zero attached hydrogens (tertiary/aromatic N) is 1. The van der Waals surface area contributed by atoms with E-state index in [1.807, 2.05) is 30.3 Å². The third-order valence-electron chi connectivity index (χ3n) is 4.54. The predicted octanol–water partition coefficient (Wildman–Crippen LogP) is 3.00. The molecule has 0 saturated heterocycles. The summed E-state index contributed by atoms with van der Waals surface area (Å²) in [5.41, 5.74) is 0.936. The minimum absolute atomic E-state index is 0.136. The summed E-state index contributed by atoms with van der Waals surface area (Å²) >= 11 is 0. The van der Waals surface area contributed by atoms with Crippen molar-refractivity contribution in [2.45, 2.75) is 31.2 Å². The topological polar surface area (TPSA) is 101 Å². The monoisotopic (exact) mass is 433 g/mol. The van der Waals surface area contributed by atoms with Gasteiger partial charge < -0.3 is 14.7 Å². The Morgan fingerprint density at radius 3 is 2.27 bits per heavy atom. The van der Waals surface area contributed by atoms with E-state index in [4.69, 9.17) is 4.74 Å². The van der Waals surface area contributed by atoms with Crippen molar-refractivity contribution in [3.63, 3.8) is 0 Å². The molecule has 162 valence electrons. The van der Waals surface area contributed by atoms with Crippen molar-refractivity contribution in [2.24, 2.45) is 5.92 Å². The Morgan fingerprint density at radius 1 is 1.07 bits per heavy atom. The van der Waals surface area contributed by atoms with Crippen LogP contribution in [0.4, 0.5) is 0 Å². The van der Waals surface area contributed by atoms with Crippen molar-refractivity contribution in [1.82, 2.24) is 4.90 Å². The molecule has 0 radical (unpaired) electrons. The van der Waals surface area contributed by atoms with Crippen LogP contribution in [-0.4, -0.2) is 49.7 Å². The molecule has 0 saturated carbocycles. The second-order valence-electron chi connectivity index (χ2n) is 7.19. The average Bonchev–Trinajstić information content (AvgIpc) is 2.71. The van der Waals surface area contributed by atoms with Crippen molar-refractivity contribution >= 4 is 21.7 Å². The summed E-state index contributed by atoms with van der Waals surface area (Å²) in [4.78, 5) is 25.7. The molecule has 0 heterocycles. The van der Waals surface area contributed by atoms with Crippen LogP contribution in [0.15, 0.2) is 59.5 Å². The number of carboxylic acid groups (broad SMARTS) is 1. The molecule has 8 heteroatoms. The number of hydrogen-bond donors (Lipinski definition) is 1. The molecule has 1 amide bonds. The largest absolute Gasteiger partial charge is 0.494 e. The molecule has 1 N–H and O–H groups in total. The molecule has 0 fully saturated rings. The lowest BCUT2D eigenvalue weighted by molar-refractivity contribution is -0.143. The number of hydrogen-bond acceptors (Lipinski definition) is 5. The molecule has 0 bridgehead atoms. The molecule has 7 nitrogen and oxygen atoms in total. The van der Waals surface area contributed by atoms with Crippen LogP contribution in [0.2, 0.25) is 0 Å². The molecule has 0 spiro atoms. The van der Waals surface area contributed by atoms with E-state index < -0.39 is 21.7 Å². The van der Waals surface area contributed by atoms with Crippen LogP contribution in [0.1, 0.15) is 25.3 Å². The number of sulfone groups is 1. The molecule has 0 aromatic heterocycles. The summed E-state index contributed by atoms with van der Waals surface area (Å²) < 4.78 is 28.5. The molecule has 2 aromatic rings. The van der Waals surface area contributed by atoms with Crippen molar-refractivity contribution in [3.8, 4) is 5.75 Å². The van der Waals surface area contributed by atoms with Gasteiger partial charge in [0.05, 0.1) is 17.4 Å². The van der Waals surface area contributed by atoms with E-state index in [9.17, 15) is 23.1 Å². The van der Waals surface area contributed by atoms with E-state index in [0.29, 0.717) is 18.7 Å². The van der Waals surface area contributed by atoms with Gasteiger partial charge in [-0.3, -0.25) is 9.59 Å². The first-order chi connectivity index (χ1) is 14.2. The zero-order valence-corrected chi connectivity index (χ0v) is 18.0. The normalized spacial score (nSPS) is 12.2. The zero-order chi connectivity index (χ0) is 22.1. The quantitative estimate of drug-likeness (QED) is 0.547. The molecule has 2 rings (SSSR count). The fourth-order valence-electron chi connectivity index (χ4n) is 2.82. The Hall–Kier alpha value is -2.87. The van der Waals surface area contributed by atoms with Crippen LogP contribution in [0, 0.1) is 5.92 Å². The van der Waals surface area contributed by atoms with Crippen LogP contribution < -0.4 is 4.74 Å². The zero-order valence-electron chi connectivity index (χ0n) is 17.2.